The number of aryl methyl sites for hydroxylation is 1. The van der Waals surface area contributed by atoms with Crippen molar-refractivity contribution in [2.24, 2.45) is 0 Å². The van der Waals surface area contributed by atoms with Gasteiger partial charge in [0.1, 0.15) is 5.69 Å². The lowest BCUT2D eigenvalue weighted by atomic mass is 10.1. The molecule has 0 unspecified atom stereocenters. The lowest BCUT2D eigenvalue weighted by Crippen LogP contribution is -2.40. The van der Waals surface area contributed by atoms with Crippen LogP contribution in [0, 0.1) is 18.3 Å². The molecule has 0 saturated carbocycles. The summed E-state index contributed by atoms with van der Waals surface area (Å²) < 4.78 is 7.29. The third kappa shape index (κ3) is 3.70. The van der Waals surface area contributed by atoms with Crippen LogP contribution in [0.25, 0.3) is 22.3 Å². The quantitative estimate of drug-likeness (QED) is 0.717. The van der Waals surface area contributed by atoms with Crippen molar-refractivity contribution in [1.82, 2.24) is 19.7 Å². The number of hydrogen-bond donors (Lipinski definition) is 1. The van der Waals surface area contributed by atoms with Crippen LogP contribution in [0.1, 0.15) is 43.9 Å². The molecule has 1 fully saturated rings. The monoisotopic (exact) mass is 391 g/mol. The molecule has 1 N–H and O–H groups in total. The van der Waals surface area contributed by atoms with Gasteiger partial charge >= 0.3 is 6.09 Å². The van der Waals surface area contributed by atoms with E-state index in [1.807, 2.05) is 49.8 Å². The van der Waals surface area contributed by atoms with Crippen molar-refractivity contribution in [3.63, 3.8) is 0 Å². The molecule has 3 aromatic rings. The molecule has 1 aliphatic heterocycles. The zero-order chi connectivity index (χ0) is 20.5. The Balaban J connectivity index is 1.48. The van der Waals surface area contributed by atoms with E-state index in [9.17, 15) is 10.1 Å². The van der Waals surface area contributed by atoms with Gasteiger partial charge in [-0.25, -0.2) is 4.79 Å². The number of carbonyl (C=O) groups is 1. The maximum Gasteiger partial charge on any atom is 0.410 e. The molecular formula is C22H25N5O2. The van der Waals surface area contributed by atoms with E-state index in [4.69, 9.17) is 9.84 Å². The number of nitrogens with zero attached hydrogens (tertiary/aromatic N) is 4. The van der Waals surface area contributed by atoms with Crippen LogP contribution in [0.4, 0.5) is 4.79 Å². The molecule has 1 aromatic carbocycles. The van der Waals surface area contributed by atoms with Crippen molar-refractivity contribution in [1.29, 1.82) is 5.26 Å². The smallest absolute Gasteiger partial charge is 0.410 e. The summed E-state index contributed by atoms with van der Waals surface area (Å²) in [5.41, 5.74) is 4.49. The molecule has 3 heterocycles. The maximum absolute atomic E-state index is 12.1. The molecule has 1 aliphatic rings. The largest absolute Gasteiger partial charge is 0.447 e. The molecule has 0 atom stereocenters. The van der Waals surface area contributed by atoms with E-state index < -0.39 is 0 Å². The minimum atomic E-state index is -0.232. The highest BCUT2D eigenvalue weighted by atomic mass is 16.6. The van der Waals surface area contributed by atoms with Gasteiger partial charge in [0.2, 0.25) is 0 Å². The third-order valence-electron chi connectivity index (χ3n) is 5.51. The first-order valence-corrected chi connectivity index (χ1v) is 9.99. The Morgan fingerprint density at radius 1 is 1.31 bits per heavy atom. The number of nitriles is 1. The number of piperidine rings is 1. The fraction of sp³-hybridized carbons (Fsp3) is 0.409. The van der Waals surface area contributed by atoms with Crippen molar-refractivity contribution < 1.29 is 9.53 Å². The average Bonchev–Trinajstić information content (AvgIpc) is 3.35. The summed E-state index contributed by atoms with van der Waals surface area (Å²) in [4.78, 5) is 17.2. The van der Waals surface area contributed by atoms with E-state index >= 15 is 0 Å². The number of amides is 1. The lowest BCUT2D eigenvalue weighted by molar-refractivity contribution is 0.0653. The predicted molar refractivity (Wildman–Crippen MR) is 110 cm³/mol. The van der Waals surface area contributed by atoms with Crippen LogP contribution in [-0.4, -0.2) is 45.0 Å². The fourth-order valence-electron chi connectivity index (χ4n) is 3.88. The first kappa shape index (κ1) is 19.1. The predicted octanol–water partition coefficient (Wildman–Crippen LogP) is 4.39. The van der Waals surface area contributed by atoms with Gasteiger partial charge in [0.15, 0.2) is 0 Å². The second-order valence-electron chi connectivity index (χ2n) is 7.83. The normalized spacial score (nSPS) is 15.1. The van der Waals surface area contributed by atoms with Crippen molar-refractivity contribution in [3.05, 3.63) is 41.6 Å². The topological polar surface area (TPSA) is 86.9 Å². The number of hydrogen-bond acceptors (Lipinski definition) is 4. The molecule has 0 bridgehead atoms. The van der Waals surface area contributed by atoms with Crippen LogP contribution >= 0.6 is 0 Å². The lowest BCUT2D eigenvalue weighted by Gasteiger charge is -2.31. The first-order chi connectivity index (χ1) is 14.0. The van der Waals surface area contributed by atoms with E-state index in [1.54, 1.807) is 4.90 Å². The number of H-pyrrole nitrogens is 1. The summed E-state index contributed by atoms with van der Waals surface area (Å²) in [7, 11) is 0. The Hall–Kier alpha value is -3.27. The molecular weight excluding hydrogens is 366 g/mol. The van der Waals surface area contributed by atoms with Crippen LogP contribution in [0.15, 0.2) is 30.5 Å². The number of ether oxygens (including phenoxy) is 1. The standard InChI is InChI=1S/C22H25N5O2/c1-14(2)29-22(28)26-9-6-17(7-10-26)27-11-8-20(25-27)21-12-18-15(3)16(13-23)4-5-19(18)24-21/h4-5,8,11-12,14,17,24H,6-7,9-10H2,1-3H3. The fourth-order valence-corrected chi connectivity index (χ4v) is 3.88. The highest BCUT2D eigenvalue weighted by Gasteiger charge is 2.26. The molecule has 0 spiro atoms. The SMILES string of the molecule is Cc1c(C#N)ccc2[nH]c(-c3ccn(C4CCN(C(=O)OC(C)C)CC4)n3)cc12. The molecule has 4 rings (SSSR count). The number of carbonyl (C=O) groups excluding carboxylic acids is 1. The molecule has 0 radical (unpaired) electrons. The zero-order valence-corrected chi connectivity index (χ0v) is 17.0. The highest BCUT2D eigenvalue weighted by molar-refractivity contribution is 5.89. The van der Waals surface area contributed by atoms with Gasteiger partial charge in [-0.2, -0.15) is 10.4 Å². The van der Waals surface area contributed by atoms with Crippen LogP contribution in [-0.2, 0) is 4.74 Å². The van der Waals surface area contributed by atoms with E-state index in [0.717, 1.165) is 40.7 Å². The van der Waals surface area contributed by atoms with Gasteiger partial charge < -0.3 is 14.6 Å². The average molecular weight is 391 g/mol. The molecule has 7 heteroatoms. The molecule has 1 amide bonds. The minimum absolute atomic E-state index is 0.0990. The van der Waals surface area contributed by atoms with Gasteiger partial charge in [0, 0.05) is 30.2 Å². The first-order valence-electron chi connectivity index (χ1n) is 9.99. The zero-order valence-electron chi connectivity index (χ0n) is 17.0. The van der Waals surface area contributed by atoms with Crippen LogP contribution in [0.5, 0.6) is 0 Å². The summed E-state index contributed by atoms with van der Waals surface area (Å²) in [6, 6.07) is 10.3. The minimum Gasteiger partial charge on any atom is -0.447 e. The third-order valence-corrected chi connectivity index (χ3v) is 5.51. The van der Waals surface area contributed by atoms with E-state index in [2.05, 4.69) is 17.1 Å². The highest BCUT2D eigenvalue weighted by Crippen LogP contribution is 2.29. The number of nitrogens with one attached hydrogen (secondary N) is 1. The van der Waals surface area contributed by atoms with Crippen LogP contribution < -0.4 is 0 Å². The van der Waals surface area contributed by atoms with Crippen molar-refractivity contribution >= 4 is 17.0 Å². The van der Waals surface area contributed by atoms with Gasteiger partial charge in [-0.15, -0.1) is 0 Å². The number of rotatable bonds is 3. The summed E-state index contributed by atoms with van der Waals surface area (Å²) in [5, 5.41) is 15.1. The number of likely N-dealkylation sites (tertiary alicyclic amines) is 1. The number of fused-ring (bicyclic) bond motifs is 1. The summed E-state index contributed by atoms with van der Waals surface area (Å²) in [5.74, 6) is 0. The van der Waals surface area contributed by atoms with Gasteiger partial charge in [-0.3, -0.25) is 4.68 Å². The molecule has 2 aromatic heterocycles. The van der Waals surface area contributed by atoms with E-state index in [1.165, 1.54) is 0 Å². The molecule has 29 heavy (non-hydrogen) atoms. The summed E-state index contributed by atoms with van der Waals surface area (Å²) >= 11 is 0. The Morgan fingerprint density at radius 2 is 2.07 bits per heavy atom. The van der Waals surface area contributed by atoms with Crippen molar-refractivity contribution in [2.75, 3.05) is 13.1 Å². The number of aromatic nitrogens is 3. The van der Waals surface area contributed by atoms with Gasteiger partial charge in [0.05, 0.1) is 29.5 Å². The van der Waals surface area contributed by atoms with Gasteiger partial charge in [-0.05, 0) is 63.4 Å². The Bertz CT molecular complexity index is 1080. The molecule has 150 valence electrons. The Kier molecular flexibility index (Phi) is 5.01. The number of benzene rings is 1. The Morgan fingerprint density at radius 3 is 2.76 bits per heavy atom. The summed E-state index contributed by atoms with van der Waals surface area (Å²) in [6.45, 7) is 7.04. The summed E-state index contributed by atoms with van der Waals surface area (Å²) in [6.07, 6.45) is 3.38. The molecule has 0 aliphatic carbocycles. The molecule has 1 saturated heterocycles. The van der Waals surface area contributed by atoms with Crippen LogP contribution in [0.3, 0.4) is 0 Å². The van der Waals surface area contributed by atoms with E-state index in [-0.39, 0.29) is 18.2 Å². The second kappa shape index (κ2) is 7.63. The van der Waals surface area contributed by atoms with Crippen LogP contribution in [0.2, 0.25) is 0 Å². The second-order valence-corrected chi connectivity index (χ2v) is 7.83. The van der Waals surface area contributed by atoms with E-state index in [0.29, 0.717) is 18.7 Å². The van der Waals surface area contributed by atoms with Crippen molar-refractivity contribution in [3.8, 4) is 17.5 Å². The Labute approximate surface area is 169 Å². The van der Waals surface area contributed by atoms with Gasteiger partial charge in [0.25, 0.3) is 0 Å². The van der Waals surface area contributed by atoms with Gasteiger partial charge in [-0.1, -0.05) is 0 Å². The maximum atomic E-state index is 12.1. The molecule has 7 nitrogen and oxygen atoms in total. The number of aromatic amines is 1. The van der Waals surface area contributed by atoms with Crippen molar-refractivity contribution in [2.45, 2.75) is 45.8 Å².